The minimum absolute atomic E-state index is 0.413. The highest BCUT2D eigenvalue weighted by atomic mass is 32.1. The van der Waals surface area contributed by atoms with Crippen LogP contribution in [0, 0.1) is 18.3 Å². The number of hydrogen-bond donors (Lipinski definition) is 1. The molecular weight excluding hydrogens is 318 g/mol. The van der Waals surface area contributed by atoms with E-state index in [4.69, 9.17) is 0 Å². The van der Waals surface area contributed by atoms with Gasteiger partial charge in [-0.2, -0.15) is 10.4 Å². The summed E-state index contributed by atoms with van der Waals surface area (Å²) in [5.41, 5.74) is 9.42. The Morgan fingerprint density at radius 3 is 2.92 bits per heavy atom. The third-order valence-electron chi connectivity index (χ3n) is 4.06. The molecule has 0 fully saturated rings. The minimum Gasteiger partial charge on any atom is -0.276 e. The second-order valence-corrected chi connectivity index (χ2v) is 6.32. The molecule has 0 aliphatic rings. The van der Waals surface area contributed by atoms with Gasteiger partial charge in [0.25, 0.3) is 0 Å². The highest BCUT2D eigenvalue weighted by Crippen LogP contribution is 2.25. The van der Waals surface area contributed by atoms with Gasteiger partial charge in [0.2, 0.25) is 0 Å². The SMILES string of the molecule is Cc1cc(-c2cscn2)ccc1Cc1cc(C#N)nc2cn[nH]c12. The Hall–Kier alpha value is -3.04. The Kier molecular flexibility index (Phi) is 3.56. The summed E-state index contributed by atoms with van der Waals surface area (Å²) in [7, 11) is 0. The quantitative estimate of drug-likeness (QED) is 0.618. The van der Waals surface area contributed by atoms with Crippen molar-refractivity contribution < 1.29 is 0 Å². The van der Waals surface area contributed by atoms with E-state index < -0.39 is 0 Å². The van der Waals surface area contributed by atoms with Gasteiger partial charge in [0.05, 0.1) is 22.9 Å². The fourth-order valence-corrected chi connectivity index (χ4v) is 3.37. The van der Waals surface area contributed by atoms with E-state index >= 15 is 0 Å². The number of nitrogens with zero attached hydrogens (tertiary/aromatic N) is 4. The van der Waals surface area contributed by atoms with E-state index in [1.54, 1.807) is 17.5 Å². The van der Waals surface area contributed by atoms with Crippen LogP contribution in [0.25, 0.3) is 22.3 Å². The summed E-state index contributed by atoms with van der Waals surface area (Å²) in [6.07, 6.45) is 2.37. The summed E-state index contributed by atoms with van der Waals surface area (Å²) in [6.45, 7) is 2.10. The summed E-state index contributed by atoms with van der Waals surface area (Å²) >= 11 is 1.59. The Labute approximate surface area is 142 Å². The number of aromatic nitrogens is 4. The molecule has 3 heterocycles. The third-order valence-corrected chi connectivity index (χ3v) is 4.64. The smallest absolute Gasteiger partial charge is 0.141 e. The van der Waals surface area contributed by atoms with Gasteiger partial charge in [-0.3, -0.25) is 5.10 Å². The Morgan fingerprint density at radius 1 is 1.25 bits per heavy atom. The van der Waals surface area contributed by atoms with Crippen LogP contribution in [0.3, 0.4) is 0 Å². The number of hydrogen-bond acceptors (Lipinski definition) is 5. The normalized spacial score (nSPS) is 10.8. The monoisotopic (exact) mass is 331 g/mol. The van der Waals surface area contributed by atoms with Crippen LogP contribution in [-0.2, 0) is 6.42 Å². The second-order valence-electron chi connectivity index (χ2n) is 5.60. The van der Waals surface area contributed by atoms with Crippen molar-refractivity contribution in [3.05, 3.63) is 63.7 Å². The van der Waals surface area contributed by atoms with E-state index in [0.29, 0.717) is 5.69 Å². The number of fused-ring (bicyclic) bond motifs is 1. The summed E-state index contributed by atoms with van der Waals surface area (Å²) in [6, 6.07) is 10.3. The van der Waals surface area contributed by atoms with Gasteiger partial charge >= 0.3 is 0 Å². The van der Waals surface area contributed by atoms with Crippen LogP contribution in [0.4, 0.5) is 0 Å². The van der Waals surface area contributed by atoms with Crippen molar-refractivity contribution in [2.24, 2.45) is 0 Å². The lowest BCUT2D eigenvalue weighted by molar-refractivity contribution is 1.09. The zero-order valence-electron chi connectivity index (χ0n) is 12.9. The molecule has 0 aliphatic carbocycles. The number of pyridine rings is 1. The first-order valence-corrected chi connectivity index (χ1v) is 8.40. The van der Waals surface area contributed by atoms with E-state index in [0.717, 1.165) is 34.3 Å². The average Bonchev–Trinajstić information content (AvgIpc) is 3.27. The van der Waals surface area contributed by atoms with Gasteiger partial charge < -0.3 is 0 Å². The first-order valence-electron chi connectivity index (χ1n) is 7.46. The molecule has 1 N–H and O–H groups in total. The molecular formula is C18H13N5S. The molecule has 116 valence electrons. The van der Waals surface area contributed by atoms with Crippen molar-refractivity contribution in [1.82, 2.24) is 20.2 Å². The molecule has 0 bridgehead atoms. The van der Waals surface area contributed by atoms with E-state index in [-0.39, 0.29) is 0 Å². The van der Waals surface area contributed by atoms with Crippen molar-refractivity contribution >= 4 is 22.4 Å². The molecule has 0 atom stereocenters. The van der Waals surface area contributed by atoms with Gasteiger partial charge in [0.1, 0.15) is 17.3 Å². The molecule has 1 aromatic carbocycles. The number of aromatic amines is 1. The molecule has 3 aromatic heterocycles. The van der Waals surface area contributed by atoms with Crippen LogP contribution in [0.5, 0.6) is 0 Å². The molecule has 4 rings (SSSR count). The van der Waals surface area contributed by atoms with Crippen molar-refractivity contribution in [1.29, 1.82) is 5.26 Å². The van der Waals surface area contributed by atoms with Crippen molar-refractivity contribution in [2.45, 2.75) is 13.3 Å². The van der Waals surface area contributed by atoms with Gasteiger partial charge in [0.15, 0.2) is 0 Å². The number of nitriles is 1. The van der Waals surface area contributed by atoms with Crippen molar-refractivity contribution in [2.75, 3.05) is 0 Å². The fraction of sp³-hybridized carbons (Fsp3) is 0.111. The molecule has 0 saturated carbocycles. The van der Waals surface area contributed by atoms with Crippen LogP contribution >= 0.6 is 11.3 Å². The Bertz CT molecular complexity index is 1060. The lowest BCUT2D eigenvalue weighted by Gasteiger charge is -2.09. The van der Waals surface area contributed by atoms with Crippen LogP contribution in [-0.4, -0.2) is 20.2 Å². The van der Waals surface area contributed by atoms with Crippen LogP contribution in [0.2, 0.25) is 0 Å². The van der Waals surface area contributed by atoms with Crippen LogP contribution < -0.4 is 0 Å². The van der Waals surface area contributed by atoms with E-state index in [9.17, 15) is 5.26 Å². The predicted molar refractivity (Wildman–Crippen MR) is 93.7 cm³/mol. The molecule has 0 saturated heterocycles. The maximum absolute atomic E-state index is 9.17. The van der Waals surface area contributed by atoms with Crippen molar-refractivity contribution in [3.8, 4) is 17.3 Å². The van der Waals surface area contributed by atoms with E-state index in [2.05, 4.69) is 51.4 Å². The molecule has 0 amide bonds. The standard InChI is InChI=1S/C18H13N5S/c1-11-4-13(17-9-24-10-20-17)3-2-12(11)5-14-6-15(7-19)22-16-8-21-23-18(14)16/h2-4,6,8-10H,5H2,1H3,(H,21,23). The van der Waals surface area contributed by atoms with E-state index in [1.165, 1.54) is 11.1 Å². The summed E-state index contributed by atoms with van der Waals surface area (Å²) in [4.78, 5) is 8.62. The maximum atomic E-state index is 9.17. The summed E-state index contributed by atoms with van der Waals surface area (Å²) < 4.78 is 0. The molecule has 6 heteroatoms. The second kappa shape index (κ2) is 5.87. The lowest BCUT2D eigenvalue weighted by Crippen LogP contribution is -1.96. The third kappa shape index (κ3) is 2.55. The fourth-order valence-electron chi connectivity index (χ4n) is 2.81. The van der Waals surface area contributed by atoms with Crippen molar-refractivity contribution in [3.63, 3.8) is 0 Å². The Morgan fingerprint density at radius 2 is 2.17 bits per heavy atom. The number of nitrogens with one attached hydrogen (secondary N) is 1. The maximum Gasteiger partial charge on any atom is 0.141 e. The minimum atomic E-state index is 0.413. The van der Waals surface area contributed by atoms with Gasteiger partial charge in [0, 0.05) is 10.9 Å². The average molecular weight is 331 g/mol. The number of aryl methyl sites for hydroxylation is 1. The highest BCUT2D eigenvalue weighted by molar-refractivity contribution is 7.07. The zero-order chi connectivity index (χ0) is 16.5. The topological polar surface area (TPSA) is 78.2 Å². The van der Waals surface area contributed by atoms with Crippen LogP contribution in [0.15, 0.2) is 41.4 Å². The summed E-state index contributed by atoms with van der Waals surface area (Å²) in [5.74, 6) is 0. The molecule has 4 aromatic rings. The summed E-state index contributed by atoms with van der Waals surface area (Å²) in [5, 5.41) is 18.2. The predicted octanol–water partition coefficient (Wildman–Crippen LogP) is 3.85. The van der Waals surface area contributed by atoms with Crippen LogP contribution in [0.1, 0.15) is 22.4 Å². The molecule has 0 radical (unpaired) electrons. The van der Waals surface area contributed by atoms with Gasteiger partial charge in [-0.05, 0) is 42.2 Å². The molecule has 0 spiro atoms. The van der Waals surface area contributed by atoms with E-state index in [1.807, 2.05) is 17.0 Å². The first-order chi connectivity index (χ1) is 11.7. The lowest BCUT2D eigenvalue weighted by atomic mass is 9.97. The molecule has 0 unspecified atom stereocenters. The van der Waals surface area contributed by atoms with Gasteiger partial charge in [-0.1, -0.05) is 12.1 Å². The van der Waals surface area contributed by atoms with Gasteiger partial charge in [-0.25, -0.2) is 9.97 Å². The number of rotatable bonds is 3. The number of benzene rings is 1. The number of thiazole rings is 1. The van der Waals surface area contributed by atoms with Gasteiger partial charge in [-0.15, -0.1) is 11.3 Å². The largest absolute Gasteiger partial charge is 0.276 e. The molecule has 5 nitrogen and oxygen atoms in total. The number of H-pyrrole nitrogens is 1. The molecule has 24 heavy (non-hydrogen) atoms. The Balaban J connectivity index is 1.74. The zero-order valence-corrected chi connectivity index (χ0v) is 13.8. The first kappa shape index (κ1) is 14.5. The molecule has 0 aliphatic heterocycles. The highest BCUT2D eigenvalue weighted by Gasteiger charge is 2.10.